The number of hydrogen-bond donors (Lipinski definition) is 1. The fourth-order valence-corrected chi connectivity index (χ4v) is 1.69. The van der Waals surface area contributed by atoms with Gasteiger partial charge in [-0.15, -0.1) is 0 Å². The first-order valence-electron chi connectivity index (χ1n) is 5.87. The van der Waals surface area contributed by atoms with Crippen molar-refractivity contribution in [3.63, 3.8) is 0 Å². The lowest BCUT2D eigenvalue weighted by molar-refractivity contribution is 0.0472. The minimum atomic E-state index is -0.418. The van der Waals surface area contributed by atoms with Crippen LogP contribution in [0.25, 0.3) is 6.08 Å². The summed E-state index contributed by atoms with van der Waals surface area (Å²) in [5.41, 5.74) is 2.26. The van der Waals surface area contributed by atoms with E-state index < -0.39 is 5.97 Å². The number of phenols is 1. The van der Waals surface area contributed by atoms with Crippen molar-refractivity contribution < 1.29 is 14.6 Å². The van der Waals surface area contributed by atoms with E-state index in [4.69, 9.17) is 9.84 Å². The summed E-state index contributed by atoms with van der Waals surface area (Å²) in [7, 11) is 0. The fourth-order valence-electron chi connectivity index (χ4n) is 1.69. The average molecular weight is 254 g/mol. The second-order valence-electron chi connectivity index (χ2n) is 4.03. The molecule has 3 nitrogen and oxygen atoms in total. The van der Waals surface area contributed by atoms with E-state index in [0.717, 1.165) is 11.1 Å². The highest BCUT2D eigenvalue weighted by Gasteiger charge is 2.08. The van der Waals surface area contributed by atoms with Gasteiger partial charge in [0.2, 0.25) is 0 Å². The molecule has 0 amide bonds. The number of ether oxygens (including phenoxy) is 1. The first-order valence-corrected chi connectivity index (χ1v) is 5.87. The van der Waals surface area contributed by atoms with Crippen molar-refractivity contribution in [1.29, 1.82) is 0 Å². The maximum absolute atomic E-state index is 11.8. The molecule has 0 atom stereocenters. The monoisotopic (exact) mass is 254 g/mol. The Hall–Kier alpha value is -2.55. The first kappa shape index (κ1) is 12.9. The molecule has 0 aliphatic heterocycles. The second kappa shape index (κ2) is 5.87. The molecule has 0 spiro atoms. The molecule has 0 bridgehead atoms. The van der Waals surface area contributed by atoms with E-state index in [1.165, 1.54) is 24.3 Å². The molecular formula is C16H14O3. The molecule has 0 radical (unpaired) electrons. The van der Waals surface area contributed by atoms with Gasteiger partial charge in [-0.25, -0.2) is 4.79 Å². The van der Waals surface area contributed by atoms with Crippen LogP contribution in [0.15, 0.2) is 55.1 Å². The number of carbonyl (C=O) groups excluding carboxylic acids is 1. The van der Waals surface area contributed by atoms with Gasteiger partial charge in [-0.05, 0) is 35.4 Å². The van der Waals surface area contributed by atoms with E-state index in [1.807, 2.05) is 24.3 Å². The smallest absolute Gasteiger partial charge is 0.338 e. The van der Waals surface area contributed by atoms with Crippen LogP contribution in [-0.2, 0) is 11.3 Å². The number of esters is 1. The summed E-state index contributed by atoms with van der Waals surface area (Å²) < 4.78 is 5.23. The highest BCUT2D eigenvalue weighted by molar-refractivity contribution is 5.89. The summed E-state index contributed by atoms with van der Waals surface area (Å²) >= 11 is 0. The zero-order valence-corrected chi connectivity index (χ0v) is 10.4. The third-order valence-electron chi connectivity index (χ3n) is 2.74. The van der Waals surface area contributed by atoms with E-state index in [9.17, 15) is 4.79 Å². The van der Waals surface area contributed by atoms with Gasteiger partial charge < -0.3 is 9.84 Å². The van der Waals surface area contributed by atoms with Crippen LogP contribution in [0, 0.1) is 0 Å². The molecule has 96 valence electrons. The summed E-state index contributed by atoms with van der Waals surface area (Å²) in [6.45, 7) is 3.91. The molecule has 0 aromatic heterocycles. The van der Waals surface area contributed by atoms with E-state index in [0.29, 0.717) is 5.56 Å². The van der Waals surface area contributed by atoms with Crippen LogP contribution >= 0.6 is 0 Å². The molecule has 3 heteroatoms. The molecule has 0 fully saturated rings. The van der Waals surface area contributed by atoms with Crippen LogP contribution < -0.4 is 0 Å². The largest absolute Gasteiger partial charge is 0.508 e. The lowest BCUT2D eigenvalue weighted by Crippen LogP contribution is -2.05. The molecule has 0 aliphatic carbocycles. The maximum Gasteiger partial charge on any atom is 0.338 e. The Morgan fingerprint density at radius 3 is 2.53 bits per heavy atom. The van der Waals surface area contributed by atoms with Gasteiger partial charge in [0.15, 0.2) is 0 Å². The van der Waals surface area contributed by atoms with Gasteiger partial charge >= 0.3 is 5.97 Å². The normalized spacial score (nSPS) is 9.89. The first-order chi connectivity index (χ1) is 9.20. The lowest BCUT2D eigenvalue weighted by atomic mass is 10.1. The second-order valence-corrected chi connectivity index (χ2v) is 4.03. The zero-order chi connectivity index (χ0) is 13.7. The number of benzene rings is 2. The van der Waals surface area contributed by atoms with Gasteiger partial charge in [0, 0.05) is 0 Å². The van der Waals surface area contributed by atoms with Crippen molar-refractivity contribution in [3.8, 4) is 5.75 Å². The quantitative estimate of drug-likeness (QED) is 0.851. The Morgan fingerprint density at radius 2 is 1.84 bits per heavy atom. The minimum Gasteiger partial charge on any atom is -0.508 e. The van der Waals surface area contributed by atoms with Gasteiger partial charge in [0.1, 0.15) is 12.4 Å². The van der Waals surface area contributed by atoms with Crippen molar-refractivity contribution >= 4 is 12.0 Å². The van der Waals surface area contributed by atoms with E-state index in [1.54, 1.807) is 6.08 Å². The van der Waals surface area contributed by atoms with Crippen molar-refractivity contribution in [1.82, 2.24) is 0 Å². The van der Waals surface area contributed by atoms with Crippen LogP contribution in [0.4, 0.5) is 0 Å². The minimum absolute atomic E-state index is 0.119. The molecule has 0 aliphatic rings. The van der Waals surface area contributed by atoms with Crippen LogP contribution in [0.1, 0.15) is 21.5 Å². The lowest BCUT2D eigenvalue weighted by Gasteiger charge is -2.07. The Labute approximate surface area is 111 Å². The molecule has 2 aromatic carbocycles. The molecule has 19 heavy (non-hydrogen) atoms. The van der Waals surface area contributed by atoms with Crippen LogP contribution in [0.3, 0.4) is 0 Å². The summed E-state index contributed by atoms with van der Waals surface area (Å²) in [6, 6.07) is 13.5. The number of aromatic hydroxyl groups is 1. The summed E-state index contributed by atoms with van der Waals surface area (Å²) in [4.78, 5) is 11.8. The predicted molar refractivity (Wildman–Crippen MR) is 73.8 cm³/mol. The topological polar surface area (TPSA) is 46.5 Å². The van der Waals surface area contributed by atoms with Crippen molar-refractivity contribution in [2.75, 3.05) is 0 Å². The van der Waals surface area contributed by atoms with E-state index in [2.05, 4.69) is 6.58 Å². The Kier molecular flexibility index (Phi) is 3.98. The Bertz CT molecular complexity index is 585. The molecule has 0 unspecified atom stereocenters. The molecule has 0 heterocycles. The zero-order valence-electron chi connectivity index (χ0n) is 10.4. The van der Waals surface area contributed by atoms with Gasteiger partial charge in [0.05, 0.1) is 5.56 Å². The van der Waals surface area contributed by atoms with Gasteiger partial charge in [-0.3, -0.25) is 0 Å². The third-order valence-corrected chi connectivity index (χ3v) is 2.74. The van der Waals surface area contributed by atoms with E-state index in [-0.39, 0.29) is 12.4 Å². The van der Waals surface area contributed by atoms with Crippen LogP contribution in [-0.4, -0.2) is 11.1 Å². The number of carbonyl (C=O) groups is 1. The highest BCUT2D eigenvalue weighted by Crippen LogP contribution is 2.14. The van der Waals surface area contributed by atoms with E-state index >= 15 is 0 Å². The molecular weight excluding hydrogens is 240 g/mol. The van der Waals surface area contributed by atoms with Crippen molar-refractivity contribution in [2.45, 2.75) is 6.61 Å². The standard InChI is InChI=1S/C16H14O3/c1-2-12-5-3-4-6-14(12)11-19-16(18)13-7-9-15(17)10-8-13/h2-10,17H,1,11H2. The molecule has 2 aromatic rings. The Morgan fingerprint density at radius 1 is 1.16 bits per heavy atom. The summed E-state index contributed by atoms with van der Waals surface area (Å²) in [5.74, 6) is -0.299. The van der Waals surface area contributed by atoms with Gasteiger partial charge in [0.25, 0.3) is 0 Å². The molecule has 1 N–H and O–H groups in total. The number of rotatable bonds is 4. The van der Waals surface area contributed by atoms with Gasteiger partial charge in [-0.1, -0.05) is 36.9 Å². The van der Waals surface area contributed by atoms with Crippen molar-refractivity contribution in [3.05, 3.63) is 71.8 Å². The molecule has 0 saturated carbocycles. The highest BCUT2D eigenvalue weighted by atomic mass is 16.5. The molecule has 2 rings (SSSR count). The van der Waals surface area contributed by atoms with Crippen LogP contribution in [0.2, 0.25) is 0 Å². The summed E-state index contributed by atoms with van der Waals surface area (Å²) in [6.07, 6.45) is 1.73. The fraction of sp³-hybridized carbons (Fsp3) is 0.0625. The summed E-state index contributed by atoms with van der Waals surface area (Å²) in [5, 5.41) is 9.15. The van der Waals surface area contributed by atoms with Crippen molar-refractivity contribution in [2.24, 2.45) is 0 Å². The third kappa shape index (κ3) is 3.22. The number of hydrogen-bond acceptors (Lipinski definition) is 3. The average Bonchev–Trinajstić information content (AvgIpc) is 2.45. The van der Waals surface area contributed by atoms with Crippen LogP contribution in [0.5, 0.6) is 5.75 Å². The maximum atomic E-state index is 11.8. The Balaban J connectivity index is 2.04. The number of phenolic OH excluding ortho intramolecular Hbond substituents is 1. The van der Waals surface area contributed by atoms with Gasteiger partial charge in [-0.2, -0.15) is 0 Å². The SMILES string of the molecule is C=Cc1ccccc1COC(=O)c1ccc(O)cc1. The predicted octanol–water partition coefficient (Wildman–Crippen LogP) is 3.39. The molecule has 0 saturated heterocycles.